The highest BCUT2D eigenvalue weighted by atomic mass is 32.1. The largest absolute Gasteiger partial charge is 0.493 e. The zero-order valence-electron chi connectivity index (χ0n) is 22.9. The summed E-state index contributed by atoms with van der Waals surface area (Å²) in [5.41, 5.74) is 7.66. The SMILES string of the molecule is Cc1cc2c(ccc(=O)n2Cc2cncs2)c(-c2ccc3c4c2NCC=C4CCO3)c1[C@H](OC(C)(C)C)C(=O)O. The number of hydrogen-bond acceptors (Lipinski definition) is 7. The Hall–Kier alpha value is -3.95. The average molecular weight is 558 g/mol. The quantitative estimate of drug-likeness (QED) is 0.299. The predicted octanol–water partition coefficient (Wildman–Crippen LogP) is 6.01. The highest BCUT2D eigenvalue weighted by Gasteiger charge is 2.34. The first-order chi connectivity index (χ1) is 19.1. The number of ether oxygens (including phenoxy) is 2. The van der Waals surface area contributed by atoms with E-state index in [1.54, 1.807) is 28.4 Å². The molecule has 0 radical (unpaired) electrons. The fraction of sp³-hybridized carbons (Fsp3) is 0.323. The molecule has 2 aromatic carbocycles. The summed E-state index contributed by atoms with van der Waals surface area (Å²) in [5, 5.41) is 14.8. The monoisotopic (exact) mass is 557 g/mol. The van der Waals surface area contributed by atoms with Gasteiger partial charge in [-0.25, -0.2) is 4.79 Å². The zero-order chi connectivity index (χ0) is 28.2. The number of fused-ring (bicyclic) bond motifs is 1. The first-order valence-corrected chi connectivity index (χ1v) is 14.2. The van der Waals surface area contributed by atoms with Crippen molar-refractivity contribution in [3.05, 3.63) is 80.0 Å². The minimum absolute atomic E-state index is 0.136. The number of hydrogen-bond donors (Lipinski definition) is 2. The van der Waals surface area contributed by atoms with Crippen LogP contribution in [0.25, 0.3) is 27.6 Å². The smallest absolute Gasteiger partial charge is 0.337 e. The van der Waals surface area contributed by atoms with Crippen LogP contribution in [0, 0.1) is 6.92 Å². The van der Waals surface area contributed by atoms with E-state index in [-0.39, 0.29) is 5.56 Å². The van der Waals surface area contributed by atoms with E-state index < -0.39 is 17.7 Å². The lowest BCUT2D eigenvalue weighted by molar-refractivity contribution is -0.160. The van der Waals surface area contributed by atoms with Gasteiger partial charge in [-0.1, -0.05) is 6.08 Å². The summed E-state index contributed by atoms with van der Waals surface area (Å²) < 4.78 is 13.9. The molecule has 2 aliphatic heterocycles. The van der Waals surface area contributed by atoms with Crippen LogP contribution in [0.4, 0.5) is 5.69 Å². The number of nitrogens with one attached hydrogen (secondary N) is 1. The summed E-state index contributed by atoms with van der Waals surface area (Å²) in [4.78, 5) is 31.1. The van der Waals surface area contributed by atoms with Crippen LogP contribution in [0.1, 0.15) is 54.9 Å². The number of carboxylic acid groups (broad SMARTS) is 1. The third kappa shape index (κ3) is 4.59. The molecule has 4 heterocycles. The lowest BCUT2D eigenvalue weighted by atomic mass is 9.84. The Balaban J connectivity index is 1.71. The number of aliphatic carboxylic acids is 1. The van der Waals surface area contributed by atoms with Crippen LogP contribution < -0.4 is 15.6 Å². The van der Waals surface area contributed by atoms with Crippen molar-refractivity contribution >= 4 is 39.5 Å². The molecule has 40 heavy (non-hydrogen) atoms. The van der Waals surface area contributed by atoms with Gasteiger partial charge in [0.15, 0.2) is 6.10 Å². The molecular weight excluding hydrogens is 526 g/mol. The molecule has 0 amide bonds. The van der Waals surface area contributed by atoms with Gasteiger partial charge in [0.2, 0.25) is 0 Å². The number of thiazole rings is 1. The Morgan fingerprint density at radius 1 is 1.25 bits per heavy atom. The van der Waals surface area contributed by atoms with Gasteiger partial charge in [-0.15, -0.1) is 11.3 Å². The summed E-state index contributed by atoms with van der Waals surface area (Å²) in [5.74, 6) is -0.259. The van der Waals surface area contributed by atoms with Crippen molar-refractivity contribution in [2.45, 2.75) is 52.4 Å². The molecule has 6 rings (SSSR count). The topological polar surface area (TPSA) is 103 Å². The van der Waals surface area contributed by atoms with Crippen LogP contribution in [-0.2, 0) is 16.1 Å². The molecule has 2 aromatic heterocycles. The standard InChI is InChI=1S/C31H31N3O5S/c1-17-13-22-20(6-8-24(35)34(22)15-19-14-32-16-40-19)27(25(17)29(30(36)37)39-31(2,3)4)21-5-7-23-26-18(10-12-38-23)9-11-33-28(21)26/h5-9,13-14,16,29,33H,10-12,15H2,1-4H3,(H,36,37)/t29-/m0/s1. The Bertz CT molecular complexity index is 1730. The van der Waals surface area contributed by atoms with Gasteiger partial charge in [-0.3, -0.25) is 9.78 Å². The van der Waals surface area contributed by atoms with Gasteiger partial charge in [0.1, 0.15) is 5.75 Å². The second-order valence-corrected chi connectivity index (χ2v) is 12.1. The van der Waals surface area contributed by atoms with Gasteiger partial charge < -0.3 is 24.5 Å². The van der Waals surface area contributed by atoms with Crippen molar-refractivity contribution < 1.29 is 19.4 Å². The third-order valence-corrected chi connectivity index (χ3v) is 8.08. The molecule has 2 aliphatic rings. The molecule has 206 valence electrons. The van der Waals surface area contributed by atoms with Crippen molar-refractivity contribution in [3.8, 4) is 16.9 Å². The van der Waals surface area contributed by atoms with Crippen molar-refractivity contribution in [2.75, 3.05) is 18.5 Å². The minimum atomic E-state index is -1.22. The molecule has 0 saturated carbocycles. The molecule has 8 nitrogen and oxygen atoms in total. The zero-order valence-corrected chi connectivity index (χ0v) is 23.7. The fourth-order valence-electron chi connectivity index (χ4n) is 5.73. The lowest BCUT2D eigenvalue weighted by Crippen LogP contribution is -2.28. The number of carboxylic acids is 1. The first kappa shape index (κ1) is 26.3. The van der Waals surface area contributed by atoms with Crippen LogP contribution in [-0.4, -0.2) is 39.4 Å². The molecule has 0 saturated heterocycles. The van der Waals surface area contributed by atoms with Crippen molar-refractivity contribution in [1.82, 2.24) is 9.55 Å². The van der Waals surface area contributed by atoms with Gasteiger partial charge in [0.05, 0.1) is 35.5 Å². The van der Waals surface area contributed by atoms with Crippen molar-refractivity contribution in [2.24, 2.45) is 0 Å². The van der Waals surface area contributed by atoms with Gasteiger partial charge in [0.25, 0.3) is 5.56 Å². The van der Waals surface area contributed by atoms with Crippen molar-refractivity contribution in [1.29, 1.82) is 0 Å². The summed E-state index contributed by atoms with van der Waals surface area (Å²) in [6, 6.07) is 9.21. The molecule has 1 atom stereocenters. The molecule has 9 heteroatoms. The van der Waals surface area contributed by atoms with E-state index in [1.807, 2.05) is 45.9 Å². The minimum Gasteiger partial charge on any atom is -0.493 e. The lowest BCUT2D eigenvalue weighted by Gasteiger charge is -2.32. The molecule has 0 fully saturated rings. The maximum atomic E-state index is 13.2. The van der Waals surface area contributed by atoms with E-state index >= 15 is 0 Å². The maximum Gasteiger partial charge on any atom is 0.337 e. The first-order valence-electron chi connectivity index (χ1n) is 13.3. The number of rotatable bonds is 6. The number of anilines is 1. The summed E-state index contributed by atoms with van der Waals surface area (Å²) in [6.07, 6.45) is 3.54. The van der Waals surface area contributed by atoms with Crippen LogP contribution in [0.5, 0.6) is 5.75 Å². The van der Waals surface area contributed by atoms with Crippen LogP contribution in [0.3, 0.4) is 0 Å². The van der Waals surface area contributed by atoms with Crippen LogP contribution in [0.2, 0.25) is 0 Å². The van der Waals surface area contributed by atoms with Crippen LogP contribution >= 0.6 is 11.3 Å². The third-order valence-electron chi connectivity index (χ3n) is 7.31. The predicted molar refractivity (Wildman–Crippen MR) is 157 cm³/mol. The molecule has 0 aliphatic carbocycles. The Labute approximate surface area is 235 Å². The van der Waals surface area contributed by atoms with E-state index in [0.29, 0.717) is 25.3 Å². The highest BCUT2D eigenvalue weighted by Crippen LogP contribution is 2.49. The van der Waals surface area contributed by atoms with E-state index in [2.05, 4.69) is 16.4 Å². The second kappa shape index (κ2) is 9.91. The normalized spacial score (nSPS) is 15.2. The molecule has 4 aromatic rings. The number of pyridine rings is 1. The van der Waals surface area contributed by atoms with Gasteiger partial charge >= 0.3 is 5.97 Å². The number of nitrogens with zero attached hydrogens (tertiary/aromatic N) is 2. The average Bonchev–Trinajstić information content (AvgIpc) is 3.42. The van der Waals surface area contributed by atoms with Gasteiger partial charge in [-0.2, -0.15) is 0 Å². The summed E-state index contributed by atoms with van der Waals surface area (Å²) in [6.45, 7) is 9.10. The Kier molecular flexibility index (Phi) is 6.51. The summed E-state index contributed by atoms with van der Waals surface area (Å²) in [7, 11) is 0. The number of benzene rings is 2. The Morgan fingerprint density at radius 3 is 2.80 bits per heavy atom. The Morgan fingerprint density at radius 2 is 2.08 bits per heavy atom. The van der Waals surface area contributed by atoms with Gasteiger partial charge in [-0.05, 0) is 68.7 Å². The summed E-state index contributed by atoms with van der Waals surface area (Å²) >= 11 is 1.49. The second-order valence-electron chi connectivity index (χ2n) is 11.2. The van der Waals surface area contributed by atoms with Crippen molar-refractivity contribution in [3.63, 3.8) is 0 Å². The molecule has 0 unspecified atom stereocenters. The number of carbonyl (C=O) groups is 1. The molecular formula is C31H31N3O5S. The van der Waals surface area contributed by atoms with E-state index in [4.69, 9.17) is 9.47 Å². The van der Waals surface area contributed by atoms with E-state index in [1.165, 1.54) is 16.9 Å². The highest BCUT2D eigenvalue weighted by molar-refractivity contribution is 7.09. The number of aryl methyl sites for hydroxylation is 1. The van der Waals surface area contributed by atoms with E-state index in [0.717, 1.165) is 55.9 Å². The van der Waals surface area contributed by atoms with E-state index in [9.17, 15) is 14.7 Å². The molecule has 2 N–H and O–H groups in total. The fourth-order valence-corrected chi connectivity index (χ4v) is 6.31. The van der Waals surface area contributed by atoms with Gasteiger partial charge in [0, 0.05) is 52.2 Å². The maximum absolute atomic E-state index is 13.2. The molecule has 0 bridgehead atoms. The van der Waals surface area contributed by atoms with Crippen LogP contribution in [0.15, 0.2) is 52.9 Å². The number of aromatic nitrogens is 2. The molecule has 0 spiro atoms.